The largest absolute Gasteiger partial charge is 0.478 e. The molecular formula is C30H37N3O5. The molecule has 2 unspecified atom stereocenters. The molecule has 0 saturated carbocycles. The van der Waals surface area contributed by atoms with Gasteiger partial charge in [0.1, 0.15) is 18.1 Å². The third-order valence-electron chi connectivity index (χ3n) is 6.22. The summed E-state index contributed by atoms with van der Waals surface area (Å²) in [4.78, 5) is 42.7. The van der Waals surface area contributed by atoms with E-state index in [1.165, 1.54) is 10.6 Å². The molecule has 0 bridgehead atoms. The Hall–Kier alpha value is -3.94. The molecule has 38 heavy (non-hydrogen) atoms. The zero-order chi connectivity index (χ0) is 27.5. The number of amides is 1. The van der Waals surface area contributed by atoms with Gasteiger partial charge in [0.15, 0.2) is 6.10 Å². The van der Waals surface area contributed by atoms with E-state index in [1.807, 2.05) is 44.2 Å². The lowest BCUT2D eigenvalue weighted by molar-refractivity contribution is -0.154. The van der Waals surface area contributed by atoms with Gasteiger partial charge in [-0.3, -0.25) is 14.2 Å². The molecule has 0 fully saturated rings. The Kier molecular flexibility index (Phi) is 10.6. The predicted octanol–water partition coefficient (Wildman–Crippen LogP) is 5.25. The Morgan fingerprint density at radius 3 is 2.37 bits per heavy atom. The SMILES string of the molecule is CCCCC(C)C(Oc1ccc(NC(=O)Cn2c(CC)nc(-c3ccccc3)cc2=O)cc1)C(=O)OCC. The molecule has 0 aliphatic carbocycles. The number of carbonyl (C=O) groups excluding carboxylic acids is 2. The van der Waals surface area contributed by atoms with Crippen LogP contribution in [0.1, 0.15) is 52.8 Å². The van der Waals surface area contributed by atoms with Crippen LogP contribution in [0.3, 0.4) is 0 Å². The van der Waals surface area contributed by atoms with E-state index in [9.17, 15) is 14.4 Å². The van der Waals surface area contributed by atoms with Crippen molar-refractivity contribution in [3.8, 4) is 17.0 Å². The van der Waals surface area contributed by atoms with E-state index in [0.717, 1.165) is 24.8 Å². The summed E-state index contributed by atoms with van der Waals surface area (Å²) in [5.41, 5.74) is 1.71. The number of nitrogens with zero attached hydrogens (tertiary/aromatic N) is 2. The zero-order valence-electron chi connectivity index (χ0n) is 22.6. The van der Waals surface area contributed by atoms with E-state index in [1.54, 1.807) is 31.2 Å². The number of esters is 1. The van der Waals surface area contributed by atoms with E-state index >= 15 is 0 Å². The second-order valence-corrected chi connectivity index (χ2v) is 9.18. The lowest BCUT2D eigenvalue weighted by atomic mass is 9.98. The summed E-state index contributed by atoms with van der Waals surface area (Å²) in [6.07, 6.45) is 2.70. The lowest BCUT2D eigenvalue weighted by Crippen LogP contribution is -2.35. The number of ether oxygens (including phenoxy) is 2. The number of nitrogens with one attached hydrogen (secondary N) is 1. The molecule has 1 amide bonds. The summed E-state index contributed by atoms with van der Waals surface area (Å²) in [6, 6.07) is 17.7. The van der Waals surface area contributed by atoms with Gasteiger partial charge in [0.25, 0.3) is 5.56 Å². The number of carbonyl (C=O) groups is 2. The molecular weight excluding hydrogens is 482 g/mol. The van der Waals surface area contributed by atoms with Gasteiger partial charge in [-0.05, 0) is 37.6 Å². The summed E-state index contributed by atoms with van der Waals surface area (Å²) in [5.74, 6) is 0.327. The predicted molar refractivity (Wildman–Crippen MR) is 148 cm³/mol. The third kappa shape index (κ3) is 7.78. The maximum absolute atomic E-state index is 12.8. The highest BCUT2D eigenvalue weighted by Gasteiger charge is 2.28. The van der Waals surface area contributed by atoms with Gasteiger partial charge in [0.2, 0.25) is 5.91 Å². The van der Waals surface area contributed by atoms with Crippen LogP contribution in [0.2, 0.25) is 0 Å². The van der Waals surface area contributed by atoms with Crippen molar-refractivity contribution in [3.63, 3.8) is 0 Å². The van der Waals surface area contributed by atoms with E-state index in [4.69, 9.17) is 9.47 Å². The maximum Gasteiger partial charge on any atom is 0.347 e. The molecule has 1 heterocycles. The van der Waals surface area contributed by atoms with Crippen LogP contribution in [0.25, 0.3) is 11.3 Å². The van der Waals surface area contributed by atoms with Crippen molar-refractivity contribution < 1.29 is 19.1 Å². The monoisotopic (exact) mass is 519 g/mol. The standard InChI is InChI=1S/C30H37N3O5/c1-5-8-12-21(4)29(30(36)37-7-3)38-24-17-15-23(16-18-24)31-27(34)20-33-26(6-2)32-25(19-28(33)35)22-13-10-9-11-14-22/h9-11,13-19,21,29H,5-8,12,20H2,1-4H3,(H,31,34). The Morgan fingerprint density at radius 2 is 1.74 bits per heavy atom. The van der Waals surface area contributed by atoms with Crippen LogP contribution < -0.4 is 15.6 Å². The van der Waals surface area contributed by atoms with Crippen molar-refractivity contribution in [2.75, 3.05) is 11.9 Å². The van der Waals surface area contributed by atoms with Crippen LogP contribution >= 0.6 is 0 Å². The number of benzene rings is 2. The first-order chi connectivity index (χ1) is 18.4. The molecule has 8 nitrogen and oxygen atoms in total. The summed E-state index contributed by atoms with van der Waals surface area (Å²) in [5, 5.41) is 2.82. The van der Waals surface area contributed by atoms with Crippen molar-refractivity contribution in [1.29, 1.82) is 0 Å². The Bertz CT molecular complexity index is 1260. The second kappa shape index (κ2) is 14.1. The number of hydrogen-bond acceptors (Lipinski definition) is 6. The van der Waals surface area contributed by atoms with Crippen LogP contribution in [0, 0.1) is 5.92 Å². The number of unbranched alkanes of at least 4 members (excludes halogenated alkanes) is 1. The summed E-state index contributed by atoms with van der Waals surface area (Å²) < 4.78 is 12.6. The number of aryl methyl sites for hydroxylation is 1. The second-order valence-electron chi connectivity index (χ2n) is 9.18. The van der Waals surface area contributed by atoms with Gasteiger partial charge in [-0.2, -0.15) is 0 Å². The summed E-state index contributed by atoms with van der Waals surface area (Å²) in [6.45, 7) is 7.90. The fourth-order valence-electron chi connectivity index (χ4n) is 4.16. The zero-order valence-corrected chi connectivity index (χ0v) is 22.6. The number of anilines is 1. The molecule has 0 saturated heterocycles. The molecule has 2 aromatic carbocycles. The topological polar surface area (TPSA) is 99.5 Å². The van der Waals surface area contributed by atoms with Crippen LogP contribution in [-0.2, 0) is 27.3 Å². The first-order valence-electron chi connectivity index (χ1n) is 13.3. The van der Waals surface area contributed by atoms with Crippen molar-refractivity contribution in [2.45, 2.75) is 66.0 Å². The van der Waals surface area contributed by atoms with E-state index in [2.05, 4.69) is 17.2 Å². The van der Waals surface area contributed by atoms with Gasteiger partial charge in [-0.25, -0.2) is 9.78 Å². The summed E-state index contributed by atoms with van der Waals surface area (Å²) in [7, 11) is 0. The van der Waals surface area contributed by atoms with E-state index in [0.29, 0.717) is 29.4 Å². The smallest absolute Gasteiger partial charge is 0.347 e. The molecule has 0 aliphatic heterocycles. The number of rotatable bonds is 13. The van der Waals surface area contributed by atoms with Gasteiger partial charge in [-0.15, -0.1) is 0 Å². The Balaban J connectivity index is 1.68. The highest BCUT2D eigenvalue weighted by Crippen LogP contribution is 2.23. The van der Waals surface area contributed by atoms with Crippen molar-refractivity contribution >= 4 is 17.6 Å². The van der Waals surface area contributed by atoms with Gasteiger partial charge < -0.3 is 14.8 Å². The highest BCUT2D eigenvalue weighted by molar-refractivity contribution is 5.90. The molecule has 3 aromatic rings. The van der Waals surface area contributed by atoms with Gasteiger partial charge in [0, 0.05) is 29.7 Å². The van der Waals surface area contributed by atoms with Gasteiger partial charge in [0.05, 0.1) is 12.3 Å². The average Bonchev–Trinajstić information content (AvgIpc) is 2.92. The maximum atomic E-state index is 12.8. The minimum atomic E-state index is -0.701. The van der Waals surface area contributed by atoms with Gasteiger partial charge >= 0.3 is 5.97 Å². The molecule has 2 atom stereocenters. The molecule has 1 N–H and O–H groups in total. The normalized spacial score (nSPS) is 12.4. The Morgan fingerprint density at radius 1 is 1.03 bits per heavy atom. The quantitative estimate of drug-likeness (QED) is 0.310. The van der Waals surface area contributed by atoms with E-state index in [-0.39, 0.29) is 36.5 Å². The summed E-state index contributed by atoms with van der Waals surface area (Å²) >= 11 is 0. The fourth-order valence-corrected chi connectivity index (χ4v) is 4.16. The first kappa shape index (κ1) is 28.6. The van der Waals surface area contributed by atoms with Crippen LogP contribution in [0.5, 0.6) is 5.75 Å². The molecule has 0 aliphatic rings. The molecule has 202 valence electrons. The number of hydrogen-bond donors (Lipinski definition) is 1. The molecule has 8 heteroatoms. The third-order valence-corrected chi connectivity index (χ3v) is 6.22. The van der Waals surface area contributed by atoms with Crippen molar-refractivity contribution in [3.05, 3.63) is 76.8 Å². The van der Waals surface area contributed by atoms with Crippen LogP contribution in [-0.4, -0.2) is 34.1 Å². The number of aromatic nitrogens is 2. The minimum absolute atomic E-state index is 0.00124. The average molecular weight is 520 g/mol. The minimum Gasteiger partial charge on any atom is -0.478 e. The first-order valence-corrected chi connectivity index (χ1v) is 13.3. The molecule has 0 radical (unpaired) electrons. The van der Waals surface area contributed by atoms with Gasteiger partial charge in [-0.1, -0.05) is 63.9 Å². The highest BCUT2D eigenvalue weighted by atomic mass is 16.6. The molecule has 0 spiro atoms. The Labute approximate surface area is 224 Å². The van der Waals surface area contributed by atoms with Crippen LogP contribution in [0.4, 0.5) is 5.69 Å². The molecule has 1 aromatic heterocycles. The lowest BCUT2D eigenvalue weighted by Gasteiger charge is -2.23. The van der Waals surface area contributed by atoms with Crippen molar-refractivity contribution in [2.24, 2.45) is 5.92 Å². The van der Waals surface area contributed by atoms with Crippen LogP contribution in [0.15, 0.2) is 65.5 Å². The molecule has 3 rings (SSSR count). The fraction of sp³-hybridized carbons (Fsp3) is 0.400. The van der Waals surface area contributed by atoms with E-state index < -0.39 is 6.10 Å². The van der Waals surface area contributed by atoms with Crippen molar-refractivity contribution in [1.82, 2.24) is 9.55 Å².